The molecule has 0 radical (unpaired) electrons. The molecule has 1 aromatic carbocycles. The lowest BCUT2D eigenvalue weighted by Crippen LogP contribution is -2.35. The summed E-state index contributed by atoms with van der Waals surface area (Å²) in [6.45, 7) is 10.7. The first-order valence-corrected chi connectivity index (χ1v) is 9.82. The van der Waals surface area contributed by atoms with Gasteiger partial charge in [0.2, 0.25) is 5.78 Å². The van der Waals surface area contributed by atoms with E-state index >= 15 is 0 Å². The van der Waals surface area contributed by atoms with E-state index in [2.05, 4.69) is 18.7 Å². The quantitative estimate of drug-likeness (QED) is 0.729. The number of allylic oxidation sites excluding steroid dienone is 1. The van der Waals surface area contributed by atoms with Crippen LogP contribution in [0.25, 0.3) is 6.08 Å². The maximum absolute atomic E-state index is 13.0. The molecule has 1 aromatic heterocycles. The lowest BCUT2D eigenvalue weighted by molar-refractivity contribution is 0.0831. The standard InChI is InChI=1S/C21H23NO3S/c1-12(2)9-22-10-15-16(24-11-22)7-14(4)19-20(23)17(25-21(15)19)8-18-13(3)5-6-26-18/h5-8,12H,9-11H2,1-4H3/b17-8-. The van der Waals surface area contributed by atoms with Crippen LogP contribution in [0.15, 0.2) is 23.3 Å². The smallest absolute Gasteiger partial charge is 0.232 e. The Morgan fingerprint density at radius 3 is 2.81 bits per heavy atom. The predicted octanol–water partition coefficient (Wildman–Crippen LogP) is 4.79. The largest absolute Gasteiger partial charge is 0.478 e. The monoisotopic (exact) mass is 369 g/mol. The molecule has 26 heavy (non-hydrogen) atoms. The Morgan fingerprint density at radius 1 is 1.31 bits per heavy atom. The average Bonchev–Trinajstić information content (AvgIpc) is 3.13. The van der Waals surface area contributed by atoms with Gasteiger partial charge < -0.3 is 9.47 Å². The maximum atomic E-state index is 13.0. The molecule has 0 bridgehead atoms. The van der Waals surface area contributed by atoms with E-state index < -0.39 is 0 Å². The zero-order chi connectivity index (χ0) is 18.4. The Bertz CT molecular complexity index is 910. The highest BCUT2D eigenvalue weighted by molar-refractivity contribution is 7.11. The summed E-state index contributed by atoms with van der Waals surface area (Å²) in [5.41, 5.74) is 3.73. The Hall–Kier alpha value is -2.11. The Morgan fingerprint density at radius 2 is 2.12 bits per heavy atom. The zero-order valence-corrected chi connectivity index (χ0v) is 16.4. The number of Topliss-reactive ketones (excluding diaryl/α,β-unsaturated/α-hetero) is 1. The molecule has 5 heteroatoms. The molecule has 0 saturated carbocycles. The Labute approximate surface area is 158 Å². The number of nitrogens with zero attached hydrogens (tertiary/aromatic N) is 1. The summed E-state index contributed by atoms with van der Waals surface area (Å²) >= 11 is 1.62. The van der Waals surface area contributed by atoms with E-state index in [1.807, 2.05) is 37.4 Å². The molecule has 3 heterocycles. The number of aryl methyl sites for hydroxylation is 2. The normalized spacial score (nSPS) is 18.0. The van der Waals surface area contributed by atoms with Gasteiger partial charge >= 0.3 is 0 Å². The summed E-state index contributed by atoms with van der Waals surface area (Å²) in [5, 5.41) is 2.03. The van der Waals surface area contributed by atoms with Crippen molar-refractivity contribution in [2.24, 2.45) is 5.92 Å². The van der Waals surface area contributed by atoms with Crippen molar-refractivity contribution in [2.75, 3.05) is 13.3 Å². The van der Waals surface area contributed by atoms with Gasteiger partial charge in [-0.3, -0.25) is 9.69 Å². The van der Waals surface area contributed by atoms with Crippen molar-refractivity contribution < 1.29 is 14.3 Å². The summed E-state index contributed by atoms with van der Waals surface area (Å²) in [6, 6.07) is 4.02. The SMILES string of the molecule is Cc1ccsc1/C=C1\Oc2c3c(cc(C)c2C1=O)OCN(CC(C)C)C3. The van der Waals surface area contributed by atoms with Gasteiger partial charge in [0.15, 0.2) is 5.76 Å². The molecule has 2 aromatic rings. The molecular weight excluding hydrogens is 346 g/mol. The molecule has 0 N–H and O–H groups in total. The highest BCUT2D eigenvalue weighted by Crippen LogP contribution is 2.44. The second-order valence-electron chi connectivity index (χ2n) is 7.46. The van der Waals surface area contributed by atoms with E-state index in [0.717, 1.165) is 40.4 Å². The minimum atomic E-state index is -0.0333. The molecule has 0 atom stereocenters. The summed E-state index contributed by atoms with van der Waals surface area (Å²) in [7, 11) is 0. The van der Waals surface area contributed by atoms with Crippen LogP contribution in [-0.2, 0) is 6.54 Å². The minimum Gasteiger partial charge on any atom is -0.478 e. The van der Waals surface area contributed by atoms with Crippen LogP contribution in [0.1, 0.15) is 45.8 Å². The molecule has 4 rings (SSSR count). The highest BCUT2D eigenvalue weighted by atomic mass is 32.1. The number of carbonyl (C=O) groups is 1. The molecule has 2 aliphatic heterocycles. The third-order valence-corrected chi connectivity index (χ3v) is 5.74. The van der Waals surface area contributed by atoms with Crippen molar-refractivity contribution in [3.05, 3.63) is 50.4 Å². The molecule has 136 valence electrons. The second-order valence-corrected chi connectivity index (χ2v) is 8.41. The fourth-order valence-corrected chi connectivity index (χ4v) is 4.41. The van der Waals surface area contributed by atoms with Crippen LogP contribution in [0.4, 0.5) is 0 Å². The van der Waals surface area contributed by atoms with Crippen LogP contribution >= 0.6 is 11.3 Å². The first kappa shape index (κ1) is 17.3. The molecule has 0 aliphatic carbocycles. The molecule has 0 saturated heterocycles. The fraction of sp³-hybridized carbons (Fsp3) is 0.381. The van der Waals surface area contributed by atoms with Crippen LogP contribution < -0.4 is 9.47 Å². The Kier molecular flexibility index (Phi) is 4.37. The molecular formula is C21H23NO3S. The van der Waals surface area contributed by atoms with Crippen molar-refractivity contribution in [3.8, 4) is 11.5 Å². The number of ether oxygens (including phenoxy) is 2. The number of carbonyl (C=O) groups excluding carboxylic acids is 1. The second kappa shape index (κ2) is 6.56. The van der Waals surface area contributed by atoms with Gasteiger partial charge in [-0.05, 0) is 48.4 Å². The number of fused-ring (bicyclic) bond motifs is 3. The molecule has 4 nitrogen and oxygen atoms in total. The van der Waals surface area contributed by atoms with E-state index in [1.165, 1.54) is 0 Å². The van der Waals surface area contributed by atoms with Crippen LogP contribution in [0.5, 0.6) is 11.5 Å². The third-order valence-electron chi connectivity index (χ3n) is 4.77. The topological polar surface area (TPSA) is 38.8 Å². The van der Waals surface area contributed by atoms with Gasteiger partial charge in [0.25, 0.3) is 0 Å². The fourth-order valence-electron chi connectivity index (χ4n) is 3.56. The number of thiophene rings is 1. The number of ketones is 1. The van der Waals surface area contributed by atoms with Crippen LogP contribution in [0.2, 0.25) is 0 Å². The van der Waals surface area contributed by atoms with Crippen LogP contribution in [-0.4, -0.2) is 24.0 Å². The van der Waals surface area contributed by atoms with Crippen molar-refractivity contribution in [1.82, 2.24) is 4.90 Å². The average molecular weight is 369 g/mol. The van der Waals surface area contributed by atoms with Crippen molar-refractivity contribution in [1.29, 1.82) is 0 Å². The van der Waals surface area contributed by atoms with E-state index in [9.17, 15) is 4.79 Å². The Balaban J connectivity index is 1.73. The summed E-state index contributed by atoms with van der Waals surface area (Å²) in [6.07, 6.45) is 1.86. The van der Waals surface area contributed by atoms with Crippen molar-refractivity contribution in [2.45, 2.75) is 34.2 Å². The first-order chi connectivity index (χ1) is 12.4. The summed E-state index contributed by atoms with van der Waals surface area (Å²) < 4.78 is 12.0. The molecule has 0 fully saturated rings. The van der Waals surface area contributed by atoms with Gasteiger partial charge in [-0.2, -0.15) is 0 Å². The van der Waals surface area contributed by atoms with Gasteiger partial charge in [-0.25, -0.2) is 0 Å². The number of hydrogen-bond donors (Lipinski definition) is 0. The van der Waals surface area contributed by atoms with Gasteiger partial charge in [0, 0.05) is 24.0 Å². The maximum Gasteiger partial charge on any atom is 0.232 e. The van der Waals surface area contributed by atoms with Gasteiger partial charge in [0.1, 0.15) is 18.2 Å². The first-order valence-electron chi connectivity index (χ1n) is 8.94. The van der Waals surface area contributed by atoms with Gasteiger partial charge in [-0.1, -0.05) is 13.8 Å². The van der Waals surface area contributed by atoms with E-state index in [4.69, 9.17) is 9.47 Å². The molecule has 2 aliphatic rings. The van der Waals surface area contributed by atoms with Gasteiger partial charge in [-0.15, -0.1) is 11.3 Å². The van der Waals surface area contributed by atoms with Crippen LogP contribution in [0.3, 0.4) is 0 Å². The highest BCUT2D eigenvalue weighted by Gasteiger charge is 2.35. The number of benzene rings is 1. The number of hydrogen-bond acceptors (Lipinski definition) is 5. The zero-order valence-electron chi connectivity index (χ0n) is 15.6. The lowest BCUT2D eigenvalue weighted by Gasteiger charge is -2.31. The van der Waals surface area contributed by atoms with E-state index in [0.29, 0.717) is 29.7 Å². The van der Waals surface area contributed by atoms with Crippen LogP contribution in [0, 0.1) is 19.8 Å². The lowest BCUT2D eigenvalue weighted by atomic mass is 9.98. The van der Waals surface area contributed by atoms with E-state index in [-0.39, 0.29) is 5.78 Å². The number of rotatable bonds is 3. The molecule has 0 unspecified atom stereocenters. The molecule has 0 spiro atoms. The predicted molar refractivity (Wildman–Crippen MR) is 104 cm³/mol. The van der Waals surface area contributed by atoms with Crippen molar-refractivity contribution >= 4 is 23.2 Å². The molecule has 0 amide bonds. The minimum absolute atomic E-state index is 0.0333. The van der Waals surface area contributed by atoms with Crippen molar-refractivity contribution in [3.63, 3.8) is 0 Å². The summed E-state index contributed by atoms with van der Waals surface area (Å²) in [4.78, 5) is 16.3. The van der Waals surface area contributed by atoms with E-state index in [1.54, 1.807) is 11.3 Å². The van der Waals surface area contributed by atoms with Gasteiger partial charge in [0.05, 0.1) is 11.1 Å². The third kappa shape index (κ3) is 2.95. The summed E-state index contributed by atoms with van der Waals surface area (Å²) in [5.74, 6) is 2.44.